The Morgan fingerprint density at radius 3 is 2.61 bits per heavy atom. The van der Waals surface area contributed by atoms with Crippen LogP contribution in [0.4, 0.5) is 0 Å². The van der Waals surface area contributed by atoms with E-state index in [1.807, 2.05) is 12.2 Å². The molecule has 1 heteroatoms. The van der Waals surface area contributed by atoms with Crippen LogP contribution in [0.15, 0.2) is 73.3 Å². The van der Waals surface area contributed by atoms with E-state index in [-0.39, 0.29) is 0 Å². The highest BCUT2D eigenvalue weighted by Gasteiger charge is 1.99. The lowest BCUT2D eigenvalue weighted by molar-refractivity contribution is 1.65. The zero-order valence-corrected chi connectivity index (χ0v) is 12.3. The van der Waals surface area contributed by atoms with Crippen LogP contribution < -0.4 is 0 Å². The summed E-state index contributed by atoms with van der Waals surface area (Å²) in [7, 11) is 0. The van der Waals surface area contributed by atoms with Gasteiger partial charge in [0, 0.05) is 4.43 Å². The maximum atomic E-state index is 3.78. The van der Waals surface area contributed by atoms with Crippen LogP contribution in [-0.4, -0.2) is 4.43 Å². The fourth-order valence-corrected chi connectivity index (χ4v) is 2.17. The van der Waals surface area contributed by atoms with Crippen LogP contribution in [0.3, 0.4) is 0 Å². The van der Waals surface area contributed by atoms with Crippen molar-refractivity contribution in [3.05, 3.63) is 78.9 Å². The predicted molar refractivity (Wildman–Crippen MR) is 90.1 cm³/mol. The van der Waals surface area contributed by atoms with Crippen molar-refractivity contribution in [3.63, 3.8) is 0 Å². The van der Waals surface area contributed by atoms with Gasteiger partial charge in [0.15, 0.2) is 0 Å². The molecule has 0 atom stereocenters. The minimum atomic E-state index is 1.01. The first kappa shape index (κ1) is 13.1. The maximum Gasteiger partial charge on any atom is 0.0179 e. The van der Waals surface area contributed by atoms with Crippen molar-refractivity contribution in [1.29, 1.82) is 0 Å². The second-order valence-corrected chi connectivity index (χ2v) is 4.86. The van der Waals surface area contributed by atoms with Gasteiger partial charge in [0.05, 0.1) is 0 Å². The summed E-state index contributed by atoms with van der Waals surface area (Å²) in [6.07, 6.45) is 8.19. The molecule has 0 spiro atoms. The Morgan fingerprint density at radius 2 is 1.89 bits per heavy atom. The quantitative estimate of drug-likeness (QED) is 0.395. The van der Waals surface area contributed by atoms with Gasteiger partial charge in [-0.2, -0.15) is 0 Å². The molecule has 18 heavy (non-hydrogen) atoms. The molecule has 0 unspecified atom stereocenters. The van der Waals surface area contributed by atoms with Gasteiger partial charge in [0.2, 0.25) is 0 Å². The smallest absolute Gasteiger partial charge is 0.0179 e. The predicted octanol–water partition coefficient (Wildman–Crippen LogP) is 5.40. The lowest BCUT2D eigenvalue weighted by Crippen LogP contribution is -1.82. The number of hydrogen-bond donors (Lipinski definition) is 0. The number of benzene rings is 2. The first-order valence-electron chi connectivity index (χ1n) is 5.89. The third-order valence-electron chi connectivity index (χ3n) is 2.77. The molecule has 90 valence electrons. The average Bonchev–Trinajstić information content (AvgIpc) is 2.43. The number of hydrogen-bond acceptors (Lipinski definition) is 0. The molecule has 0 aromatic heterocycles. The summed E-state index contributed by atoms with van der Waals surface area (Å²) in [6, 6.07) is 15.0. The molecule has 0 bridgehead atoms. The normalized spacial score (nSPS) is 12.2. The van der Waals surface area contributed by atoms with Crippen molar-refractivity contribution in [2.24, 2.45) is 0 Å². The summed E-state index contributed by atoms with van der Waals surface area (Å²) >= 11 is 2.34. The van der Waals surface area contributed by atoms with Gasteiger partial charge in [-0.1, -0.05) is 89.9 Å². The Balaban J connectivity index is 2.48. The Morgan fingerprint density at radius 1 is 1.11 bits per heavy atom. The Kier molecular flexibility index (Phi) is 4.76. The zero-order valence-electron chi connectivity index (χ0n) is 10.1. The van der Waals surface area contributed by atoms with E-state index in [1.54, 1.807) is 0 Å². The number of halogens is 1. The second kappa shape index (κ2) is 6.55. The molecule has 0 heterocycles. The summed E-state index contributed by atoms with van der Waals surface area (Å²) in [6.45, 7) is 3.78. The summed E-state index contributed by atoms with van der Waals surface area (Å²) < 4.78 is 1.01. The summed E-state index contributed by atoms with van der Waals surface area (Å²) in [5.41, 5.74) is 2.43. The minimum Gasteiger partial charge on any atom is -0.0990 e. The van der Waals surface area contributed by atoms with E-state index in [0.717, 1.165) is 4.43 Å². The van der Waals surface area contributed by atoms with Gasteiger partial charge in [-0.15, -0.1) is 0 Å². The topological polar surface area (TPSA) is 0 Å². The van der Waals surface area contributed by atoms with E-state index in [0.29, 0.717) is 0 Å². The lowest BCUT2D eigenvalue weighted by Gasteiger charge is -2.04. The van der Waals surface area contributed by atoms with Crippen molar-refractivity contribution in [2.75, 3.05) is 4.43 Å². The van der Waals surface area contributed by atoms with Gasteiger partial charge >= 0.3 is 0 Å². The fourth-order valence-electron chi connectivity index (χ4n) is 1.92. The third kappa shape index (κ3) is 3.10. The molecule has 2 aromatic rings. The van der Waals surface area contributed by atoms with Gasteiger partial charge in [-0.3, -0.25) is 0 Å². The first-order chi connectivity index (χ1) is 8.85. The second-order valence-electron chi connectivity index (χ2n) is 3.98. The molecular weight excluding hydrogens is 331 g/mol. The Hall–Kier alpha value is -1.35. The van der Waals surface area contributed by atoms with E-state index in [2.05, 4.69) is 83.8 Å². The van der Waals surface area contributed by atoms with Gasteiger partial charge in [-0.05, 0) is 28.0 Å². The third-order valence-corrected chi connectivity index (χ3v) is 3.28. The molecule has 0 N–H and O–H groups in total. The molecule has 2 rings (SSSR count). The monoisotopic (exact) mass is 346 g/mol. The van der Waals surface area contributed by atoms with Gasteiger partial charge in [-0.25, -0.2) is 0 Å². The molecular formula is C17H15I. The van der Waals surface area contributed by atoms with Crippen LogP contribution in [0.1, 0.15) is 5.56 Å². The molecule has 0 nitrogen and oxygen atoms in total. The number of allylic oxidation sites excluding steroid dienone is 5. The van der Waals surface area contributed by atoms with Crippen LogP contribution in [0.5, 0.6) is 0 Å². The Labute approximate surface area is 122 Å². The van der Waals surface area contributed by atoms with E-state index in [9.17, 15) is 0 Å². The van der Waals surface area contributed by atoms with Crippen LogP contribution in [0, 0.1) is 0 Å². The van der Waals surface area contributed by atoms with Crippen molar-refractivity contribution < 1.29 is 0 Å². The van der Waals surface area contributed by atoms with Crippen LogP contribution in [0.25, 0.3) is 16.3 Å². The molecule has 0 saturated heterocycles. The molecule has 0 aliphatic heterocycles. The minimum absolute atomic E-state index is 1.01. The lowest BCUT2D eigenvalue weighted by atomic mass is 10.0. The van der Waals surface area contributed by atoms with E-state index in [4.69, 9.17) is 0 Å². The summed E-state index contributed by atoms with van der Waals surface area (Å²) in [5, 5.41) is 2.55. The maximum absolute atomic E-state index is 3.78. The highest BCUT2D eigenvalue weighted by atomic mass is 127. The van der Waals surface area contributed by atoms with E-state index < -0.39 is 0 Å². The van der Waals surface area contributed by atoms with Gasteiger partial charge in [0.25, 0.3) is 0 Å². The van der Waals surface area contributed by atoms with Crippen molar-refractivity contribution in [1.82, 2.24) is 0 Å². The van der Waals surface area contributed by atoms with Crippen LogP contribution in [0.2, 0.25) is 0 Å². The molecule has 0 fully saturated rings. The number of fused-ring (bicyclic) bond motifs is 1. The molecule has 0 radical (unpaired) electrons. The van der Waals surface area contributed by atoms with E-state index >= 15 is 0 Å². The van der Waals surface area contributed by atoms with Crippen LogP contribution >= 0.6 is 22.6 Å². The Bertz CT molecular complexity index is 606. The van der Waals surface area contributed by atoms with Gasteiger partial charge in [0.1, 0.15) is 0 Å². The molecule has 0 aliphatic rings. The standard InChI is InChI=1S/C17H15I/c1-2-6-14(9-5-12-18)17-11-10-15-7-3-4-8-16(15)13-17/h2-11,13H,1,12H2/b9-5-,14-6+. The van der Waals surface area contributed by atoms with Crippen molar-refractivity contribution >= 4 is 38.9 Å². The number of rotatable bonds is 4. The molecule has 2 aromatic carbocycles. The number of alkyl halides is 1. The van der Waals surface area contributed by atoms with Gasteiger partial charge < -0.3 is 0 Å². The highest BCUT2D eigenvalue weighted by molar-refractivity contribution is 14.1. The molecule has 0 amide bonds. The SMILES string of the molecule is C=C/C=C(\C=C/CI)c1ccc2ccccc2c1. The highest BCUT2D eigenvalue weighted by Crippen LogP contribution is 2.22. The van der Waals surface area contributed by atoms with E-state index in [1.165, 1.54) is 21.9 Å². The zero-order chi connectivity index (χ0) is 12.8. The fraction of sp³-hybridized carbons (Fsp3) is 0.0588. The van der Waals surface area contributed by atoms with Crippen LogP contribution in [-0.2, 0) is 0 Å². The summed E-state index contributed by atoms with van der Waals surface area (Å²) in [5.74, 6) is 0. The van der Waals surface area contributed by atoms with Crippen molar-refractivity contribution in [3.8, 4) is 0 Å². The van der Waals surface area contributed by atoms with Crippen molar-refractivity contribution in [2.45, 2.75) is 0 Å². The first-order valence-corrected chi connectivity index (χ1v) is 7.42. The summed E-state index contributed by atoms with van der Waals surface area (Å²) in [4.78, 5) is 0. The largest absolute Gasteiger partial charge is 0.0990 e. The molecule has 0 aliphatic carbocycles. The molecule has 0 saturated carbocycles. The average molecular weight is 346 g/mol.